The Morgan fingerprint density at radius 3 is 3.11 bits per heavy atom. The van der Waals surface area contributed by atoms with Gasteiger partial charge in [0.15, 0.2) is 0 Å². The first-order valence-corrected chi connectivity index (χ1v) is 6.48. The second-order valence-corrected chi connectivity index (χ2v) is 4.74. The van der Waals surface area contributed by atoms with Crippen molar-refractivity contribution < 1.29 is 9.90 Å². The Kier molecular flexibility index (Phi) is 4.20. The van der Waals surface area contributed by atoms with E-state index in [1.54, 1.807) is 0 Å². The third-order valence-corrected chi connectivity index (χ3v) is 3.38. The molecule has 0 radical (unpaired) electrons. The first-order chi connectivity index (χ1) is 8.70. The Balaban J connectivity index is 1.86. The van der Waals surface area contributed by atoms with Crippen LogP contribution in [0.1, 0.15) is 31.2 Å². The van der Waals surface area contributed by atoms with E-state index in [9.17, 15) is 9.90 Å². The summed E-state index contributed by atoms with van der Waals surface area (Å²) in [5.41, 5.74) is 2.34. The van der Waals surface area contributed by atoms with Crippen molar-refractivity contribution in [1.82, 2.24) is 5.32 Å². The molecule has 2 unspecified atom stereocenters. The fourth-order valence-corrected chi connectivity index (χ4v) is 2.21. The van der Waals surface area contributed by atoms with Gasteiger partial charge in [0.05, 0.1) is 6.10 Å². The second-order valence-electron chi connectivity index (χ2n) is 4.74. The minimum absolute atomic E-state index is 0.00556. The van der Waals surface area contributed by atoms with Gasteiger partial charge in [-0.15, -0.1) is 0 Å². The molecule has 18 heavy (non-hydrogen) atoms. The Labute approximate surface area is 107 Å². The van der Waals surface area contributed by atoms with E-state index < -0.39 is 6.10 Å². The molecule has 0 bridgehead atoms. The third kappa shape index (κ3) is 3.01. The van der Waals surface area contributed by atoms with E-state index in [1.807, 2.05) is 25.1 Å². The number of aliphatic hydroxyl groups is 1. The fourth-order valence-electron chi connectivity index (χ4n) is 2.21. The lowest BCUT2D eigenvalue weighted by Gasteiger charge is -2.12. The smallest absolute Gasteiger partial charge is 0.220 e. The SMILES string of the molecule is CCC(O)CNC(=O)CC1CNc2ccccc21. The summed E-state index contributed by atoms with van der Waals surface area (Å²) in [7, 11) is 0. The van der Waals surface area contributed by atoms with E-state index in [2.05, 4.69) is 16.7 Å². The summed E-state index contributed by atoms with van der Waals surface area (Å²) in [4.78, 5) is 11.8. The van der Waals surface area contributed by atoms with Crippen LogP contribution >= 0.6 is 0 Å². The largest absolute Gasteiger partial charge is 0.391 e. The maximum atomic E-state index is 11.8. The summed E-state index contributed by atoms with van der Waals surface area (Å²) in [6, 6.07) is 8.09. The van der Waals surface area contributed by atoms with Crippen LogP contribution in [-0.4, -0.2) is 30.2 Å². The number of carbonyl (C=O) groups is 1. The van der Waals surface area contributed by atoms with Crippen molar-refractivity contribution in [2.45, 2.75) is 31.8 Å². The lowest BCUT2D eigenvalue weighted by atomic mass is 9.97. The summed E-state index contributed by atoms with van der Waals surface area (Å²) in [6.45, 7) is 3.05. The van der Waals surface area contributed by atoms with E-state index in [4.69, 9.17) is 0 Å². The zero-order chi connectivity index (χ0) is 13.0. The lowest BCUT2D eigenvalue weighted by molar-refractivity contribution is -0.121. The van der Waals surface area contributed by atoms with Crippen molar-refractivity contribution in [1.29, 1.82) is 0 Å². The molecule has 1 heterocycles. The number of carbonyl (C=O) groups excluding carboxylic acids is 1. The van der Waals surface area contributed by atoms with Gasteiger partial charge < -0.3 is 15.7 Å². The fraction of sp³-hybridized carbons (Fsp3) is 0.500. The van der Waals surface area contributed by atoms with Gasteiger partial charge in [0.2, 0.25) is 5.91 Å². The summed E-state index contributed by atoms with van der Waals surface area (Å²) < 4.78 is 0. The monoisotopic (exact) mass is 248 g/mol. The molecule has 4 nitrogen and oxygen atoms in total. The van der Waals surface area contributed by atoms with Gasteiger partial charge in [0.25, 0.3) is 0 Å². The van der Waals surface area contributed by atoms with Crippen LogP contribution in [-0.2, 0) is 4.79 Å². The molecule has 0 aromatic heterocycles. The molecule has 98 valence electrons. The van der Waals surface area contributed by atoms with Gasteiger partial charge in [-0.1, -0.05) is 25.1 Å². The molecule has 1 aliphatic rings. The van der Waals surface area contributed by atoms with E-state index in [0.29, 0.717) is 19.4 Å². The normalized spacial score (nSPS) is 18.9. The van der Waals surface area contributed by atoms with Gasteiger partial charge in [-0.05, 0) is 18.1 Å². The minimum Gasteiger partial charge on any atom is -0.391 e. The average Bonchev–Trinajstić information content (AvgIpc) is 2.79. The molecule has 1 amide bonds. The maximum Gasteiger partial charge on any atom is 0.220 e. The molecule has 4 heteroatoms. The molecule has 1 aromatic rings. The number of aliphatic hydroxyl groups excluding tert-OH is 1. The first kappa shape index (κ1) is 12.9. The van der Waals surface area contributed by atoms with Gasteiger partial charge in [-0.2, -0.15) is 0 Å². The van der Waals surface area contributed by atoms with Crippen molar-refractivity contribution in [2.24, 2.45) is 0 Å². The molecule has 0 aliphatic carbocycles. The molecular weight excluding hydrogens is 228 g/mol. The standard InChI is InChI=1S/C14H20N2O2/c1-2-11(17)9-16-14(18)7-10-8-15-13-6-4-3-5-12(10)13/h3-6,10-11,15,17H,2,7-9H2,1H3,(H,16,18). The highest BCUT2D eigenvalue weighted by molar-refractivity contribution is 5.78. The van der Waals surface area contributed by atoms with E-state index in [1.165, 1.54) is 5.56 Å². The number of hydrogen-bond acceptors (Lipinski definition) is 3. The molecule has 1 aliphatic heterocycles. The predicted molar refractivity (Wildman–Crippen MR) is 71.6 cm³/mol. The van der Waals surface area contributed by atoms with Gasteiger partial charge >= 0.3 is 0 Å². The number of anilines is 1. The molecule has 0 fully saturated rings. The van der Waals surface area contributed by atoms with E-state index in [0.717, 1.165) is 12.2 Å². The van der Waals surface area contributed by atoms with Crippen molar-refractivity contribution in [3.63, 3.8) is 0 Å². The molecule has 2 atom stereocenters. The summed E-state index contributed by atoms with van der Waals surface area (Å²) in [6.07, 6.45) is 0.692. The zero-order valence-electron chi connectivity index (χ0n) is 10.6. The van der Waals surface area contributed by atoms with Crippen LogP contribution in [0.4, 0.5) is 5.69 Å². The number of benzene rings is 1. The quantitative estimate of drug-likeness (QED) is 0.739. The number of rotatable bonds is 5. The number of fused-ring (bicyclic) bond motifs is 1. The number of nitrogens with one attached hydrogen (secondary N) is 2. The van der Waals surface area contributed by atoms with Crippen LogP contribution in [0.15, 0.2) is 24.3 Å². The minimum atomic E-state index is -0.442. The topological polar surface area (TPSA) is 61.4 Å². The highest BCUT2D eigenvalue weighted by Crippen LogP contribution is 2.32. The Hall–Kier alpha value is -1.55. The molecular formula is C14H20N2O2. The summed E-state index contributed by atoms with van der Waals surface area (Å²) >= 11 is 0. The lowest BCUT2D eigenvalue weighted by Crippen LogP contribution is -2.32. The predicted octanol–water partition coefficient (Wildman–Crippen LogP) is 1.47. The highest BCUT2D eigenvalue weighted by atomic mass is 16.3. The molecule has 1 aromatic carbocycles. The Morgan fingerprint density at radius 1 is 1.56 bits per heavy atom. The van der Waals surface area contributed by atoms with Crippen molar-refractivity contribution in [2.75, 3.05) is 18.4 Å². The van der Waals surface area contributed by atoms with Gasteiger partial charge in [-0.25, -0.2) is 0 Å². The zero-order valence-corrected chi connectivity index (χ0v) is 10.6. The van der Waals surface area contributed by atoms with Crippen LogP contribution in [0.3, 0.4) is 0 Å². The second kappa shape index (κ2) is 5.87. The summed E-state index contributed by atoms with van der Waals surface area (Å²) in [5.74, 6) is 0.242. The van der Waals surface area contributed by atoms with Crippen LogP contribution < -0.4 is 10.6 Å². The number of hydrogen-bond donors (Lipinski definition) is 3. The summed E-state index contributed by atoms with van der Waals surface area (Å²) in [5, 5.41) is 15.5. The van der Waals surface area contributed by atoms with Gasteiger partial charge in [0, 0.05) is 31.1 Å². The third-order valence-electron chi connectivity index (χ3n) is 3.38. The Bertz CT molecular complexity index is 420. The van der Waals surface area contributed by atoms with E-state index >= 15 is 0 Å². The van der Waals surface area contributed by atoms with Crippen molar-refractivity contribution in [3.05, 3.63) is 29.8 Å². The average molecular weight is 248 g/mol. The Morgan fingerprint density at radius 2 is 2.33 bits per heavy atom. The van der Waals surface area contributed by atoms with Crippen LogP contribution in [0, 0.1) is 0 Å². The van der Waals surface area contributed by atoms with E-state index in [-0.39, 0.29) is 11.8 Å². The molecule has 3 N–H and O–H groups in total. The van der Waals surface area contributed by atoms with Crippen LogP contribution in [0.5, 0.6) is 0 Å². The first-order valence-electron chi connectivity index (χ1n) is 6.48. The number of para-hydroxylation sites is 1. The highest BCUT2D eigenvalue weighted by Gasteiger charge is 2.23. The molecule has 0 saturated carbocycles. The van der Waals surface area contributed by atoms with Gasteiger partial charge in [-0.3, -0.25) is 4.79 Å². The maximum absolute atomic E-state index is 11.8. The molecule has 0 spiro atoms. The molecule has 2 rings (SSSR count). The van der Waals surface area contributed by atoms with Gasteiger partial charge in [0.1, 0.15) is 0 Å². The van der Waals surface area contributed by atoms with Crippen molar-refractivity contribution >= 4 is 11.6 Å². The number of amides is 1. The van der Waals surface area contributed by atoms with Crippen LogP contribution in [0.2, 0.25) is 0 Å². The van der Waals surface area contributed by atoms with Crippen molar-refractivity contribution in [3.8, 4) is 0 Å². The molecule has 0 saturated heterocycles. The van der Waals surface area contributed by atoms with Crippen LogP contribution in [0.25, 0.3) is 0 Å².